The number of aromatic nitrogens is 1. The lowest BCUT2D eigenvalue weighted by molar-refractivity contribution is 0.0599. The van der Waals surface area contributed by atoms with Gasteiger partial charge in [0.25, 0.3) is 0 Å². The van der Waals surface area contributed by atoms with Gasteiger partial charge in [-0.25, -0.2) is 4.79 Å². The minimum atomic E-state index is -0.308. The molecule has 1 heterocycles. The van der Waals surface area contributed by atoms with Gasteiger partial charge in [-0.1, -0.05) is 0 Å². The Hall–Kier alpha value is -1.42. The topological polar surface area (TPSA) is 65.2 Å². The van der Waals surface area contributed by atoms with Crippen molar-refractivity contribution in [1.82, 2.24) is 4.98 Å². The van der Waals surface area contributed by atoms with E-state index >= 15 is 0 Å². The van der Waals surface area contributed by atoms with Crippen LogP contribution in [0.3, 0.4) is 0 Å². The van der Waals surface area contributed by atoms with Crippen molar-refractivity contribution < 1.29 is 9.53 Å². The molecule has 0 aromatic carbocycles. The second-order valence-corrected chi connectivity index (χ2v) is 3.36. The van der Waals surface area contributed by atoms with Crippen LogP contribution in [0.15, 0.2) is 12.3 Å². The SMILES string of the molecule is COC(=O)c1ccnc2c1CCC2N. The van der Waals surface area contributed by atoms with Gasteiger partial charge in [-0.2, -0.15) is 0 Å². The van der Waals surface area contributed by atoms with Gasteiger partial charge < -0.3 is 10.5 Å². The number of esters is 1. The Labute approximate surface area is 82.1 Å². The van der Waals surface area contributed by atoms with E-state index in [9.17, 15) is 4.79 Å². The van der Waals surface area contributed by atoms with Crippen molar-refractivity contribution in [2.24, 2.45) is 5.73 Å². The summed E-state index contributed by atoms with van der Waals surface area (Å²) in [5.74, 6) is -0.308. The van der Waals surface area contributed by atoms with Crippen LogP contribution in [0.25, 0.3) is 0 Å². The first-order chi connectivity index (χ1) is 6.74. The maximum Gasteiger partial charge on any atom is 0.338 e. The van der Waals surface area contributed by atoms with Crippen molar-refractivity contribution >= 4 is 5.97 Å². The zero-order chi connectivity index (χ0) is 10.1. The van der Waals surface area contributed by atoms with E-state index in [4.69, 9.17) is 5.73 Å². The summed E-state index contributed by atoms with van der Waals surface area (Å²) in [5, 5.41) is 0. The zero-order valence-corrected chi connectivity index (χ0v) is 7.99. The highest BCUT2D eigenvalue weighted by Gasteiger charge is 2.25. The molecular formula is C10H12N2O2. The Morgan fingerprint density at radius 2 is 2.50 bits per heavy atom. The summed E-state index contributed by atoms with van der Waals surface area (Å²) in [7, 11) is 1.38. The molecule has 0 aliphatic heterocycles. The maximum absolute atomic E-state index is 11.4. The van der Waals surface area contributed by atoms with Gasteiger partial charge >= 0.3 is 5.97 Å². The summed E-state index contributed by atoms with van der Waals surface area (Å²) < 4.78 is 4.69. The fraction of sp³-hybridized carbons (Fsp3) is 0.400. The molecule has 2 N–H and O–H groups in total. The monoisotopic (exact) mass is 192 g/mol. The van der Waals surface area contributed by atoms with Crippen molar-refractivity contribution in [2.45, 2.75) is 18.9 Å². The quantitative estimate of drug-likeness (QED) is 0.669. The Balaban J connectivity index is 2.49. The van der Waals surface area contributed by atoms with E-state index in [0.717, 1.165) is 24.1 Å². The minimum absolute atomic E-state index is 0.0328. The predicted molar refractivity (Wildman–Crippen MR) is 50.8 cm³/mol. The molecule has 0 fully saturated rings. The van der Waals surface area contributed by atoms with Crippen LogP contribution in [0.4, 0.5) is 0 Å². The average molecular weight is 192 g/mol. The number of nitrogens with zero attached hydrogens (tertiary/aromatic N) is 1. The van der Waals surface area contributed by atoms with E-state index in [1.807, 2.05) is 0 Å². The smallest absolute Gasteiger partial charge is 0.338 e. The molecule has 1 atom stereocenters. The summed E-state index contributed by atoms with van der Waals surface area (Å²) in [4.78, 5) is 15.6. The van der Waals surface area contributed by atoms with E-state index < -0.39 is 0 Å². The molecule has 0 spiro atoms. The molecule has 0 saturated heterocycles. The van der Waals surface area contributed by atoms with Crippen LogP contribution in [-0.2, 0) is 11.2 Å². The number of hydrogen-bond acceptors (Lipinski definition) is 4. The van der Waals surface area contributed by atoms with Gasteiger partial charge in [0.2, 0.25) is 0 Å². The van der Waals surface area contributed by atoms with Gasteiger partial charge in [0, 0.05) is 12.2 Å². The average Bonchev–Trinajstić information content (AvgIpc) is 2.59. The third-order valence-electron chi connectivity index (χ3n) is 2.55. The molecule has 74 valence electrons. The first-order valence-electron chi connectivity index (χ1n) is 4.55. The summed E-state index contributed by atoms with van der Waals surface area (Å²) >= 11 is 0. The van der Waals surface area contributed by atoms with E-state index in [2.05, 4.69) is 9.72 Å². The van der Waals surface area contributed by atoms with E-state index in [1.165, 1.54) is 7.11 Å². The van der Waals surface area contributed by atoms with E-state index in [-0.39, 0.29) is 12.0 Å². The maximum atomic E-state index is 11.4. The molecule has 0 amide bonds. The standard InChI is InChI=1S/C10H12N2O2/c1-14-10(13)7-4-5-12-9-6(7)2-3-8(9)11/h4-5,8H,2-3,11H2,1H3. The van der Waals surface area contributed by atoms with Crippen molar-refractivity contribution in [2.75, 3.05) is 7.11 Å². The van der Waals surface area contributed by atoms with Gasteiger partial charge in [-0.3, -0.25) is 4.98 Å². The van der Waals surface area contributed by atoms with E-state index in [1.54, 1.807) is 12.3 Å². The van der Waals surface area contributed by atoms with Crippen LogP contribution in [-0.4, -0.2) is 18.1 Å². The number of nitrogens with two attached hydrogens (primary N) is 1. The van der Waals surface area contributed by atoms with Crippen molar-refractivity contribution in [1.29, 1.82) is 0 Å². The molecule has 1 aliphatic rings. The highest BCUT2D eigenvalue weighted by Crippen LogP contribution is 2.29. The van der Waals surface area contributed by atoms with Gasteiger partial charge in [0.1, 0.15) is 0 Å². The molecule has 1 aromatic heterocycles. The fourth-order valence-electron chi connectivity index (χ4n) is 1.83. The molecule has 1 aliphatic carbocycles. The second-order valence-electron chi connectivity index (χ2n) is 3.36. The largest absolute Gasteiger partial charge is 0.465 e. The second kappa shape index (κ2) is 3.38. The molecule has 1 aromatic rings. The lowest BCUT2D eigenvalue weighted by atomic mass is 10.1. The number of pyridine rings is 1. The molecule has 0 radical (unpaired) electrons. The molecule has 0 bridgehead atoms. The number of ether oxygens (including phenoxy) is 1. The number of methoxy groups -OCH3 is 1. The van der Waals surface area contributed by atoms with Crippen LogP contribution < -0.4 is 5.73 Å². The Kier molecular flexibility index (Phi) is 2.21. The number of carbonyl (C=O) groups is 1. The molecule has 0 saturated carbocycles. The predicted octanol–water partition coefficient (Wildman–Crippen LogP) is 0.814. The molecule has 2 rings (SSSR count). The summed E-state index contributed by atoms with van der Waals surface area (Å²) in [6, 6.07) is 1.65. The fourth-order valence-corrected chi connectivity index (χ4v) is 1.83. The van der Waals surface area contributed by atoms with Crippen LogP contribution in [0.5, 0.6) is 0 Å². The van der Waals surface area contributed by atoms with Crippen molar-refractivity contribution in [3.8, 4) is 0 Å². The zero-order valence-electron chi connectivity index (χ0n) is 7.99. The third-order valence-corrected chi connectivity index (χ3v) is 2.55. The number of hydrogen-bond donors (Lipinski definition) is 1. The summed E-state index contributed by atoms with van der Waals surface area (Å²) in [6.45, 7) is 0. The first kappa shape index (κ1) is 9.15. The van der Waals surface area contributed by atoms with Crippen molar-refractivity contribution in [3.63, 3.8) is 0 Å². The Morgan fingerprint density at radius 1 is 1.71 bits per heavy atom. The normalized spacial score (nSPS) is 19.1. The van der Waals surface area contributed by atoms with Gasteiger partial charge in [0.05, 0.1) is 18.4 Å². The number of fused-ring (bicyclic) bond motifs is 1. The van der Waals surface area contributed by atoms with Gasteiger partial charge in [0.15, 0.2) is 0 Å². The van der Waals surface area contributed by atoms with Crippen LogP contribution >= 0.6 is 0 Å². The lowest BCUT2D eigenvalue weighted by Gasteiger charge is -2.06. The molecule has 4 heteroatoms. The van der Waals surface area contributed by atoms with Crippen LogP contribution in [0, 0.1) is 0 Å². The Bertz CT molecular complexity index is 376. The van der Waals surface area contributed by atoms with Gasteiger partial charge in [-0.15, -0.1) is 0 Å². The van der Waals surface area contributed by atoms with Crippen LogP contribution in [0.2, 0.25) is 0 Å². The molecule has 4 nitrogen and oxygen atoms in total. The number of carbonyl (C=O) groups excluding carboxylic acids is 1. The first-order valence-corrected chi connectivity index (χ1v) is 4.55. The highest BCUT2D eigenvalue weighted by molar-refractivity contribution is 5.91. The Morgan fingerprint density at radius 3 is 3.21 bits per heavy atom. The minimum Gasteiger partial charge on any atom is -0.465 e. The van der Waals surface area contributed by atoms with Crippen LogP contribution in [0.1, 0.15) is 34.1 Å². The molecule has 14 heavy (non-hydrogen) atoms. The van der Waals surface area contributed by atoms with E-state index in [0.29, 0.717) is 5.56 Å². The summed E-state index contributed by atoms with van der Waals surface area (Å²) in [5.41, 5.74) is 8.24. The third kappa shape index (κ3) is 1.28. The number of rotatable bonds is 1. The highest BCUT2D eigenvalue weighted by atomic mass is 16.5. The molecular weight excluding hydrogens is 180 g/mol. The summed E-state index contributed by atoms with van der Waals surface area (Å²) in [6.07, 6.45) is 3.28. The molecule has 1 unspecified atom stereocenters. The van der Waals surface area contributed by atoms with Gasteiger partial charge in [-0.05, 0) is 24.5 Å². The lowest BCUT2D eigenvalue weighted by Crippen LogP contribution is -2.10. The van der Waals surface area contributed by atoms with Crippen molar-refractivity contribution in [3.05, 3.63) is 29.1 Å².